The average molecular weight is 367 g/mol. The molecule has 1 aliphatic carbocycles. The zero-order chi connectivity index (χ0) is 18.8. The van der Waals surface area contributed by atoms with Gasteiger partial charge in [-0.15, -0.1) is 0 Å². The van der Waals surface area contributed by atoms with Gasteiger partial charge < -0.3 is 14.7 Å². The van der Waals surface area contributed by atoms with Gasteiger partial charge in [0.1, 0.15) is 5.75 Å². The van der Waals surface area contributed by atoms with Crippen molar-refractivity contribution in [2.75, 3.05) is 19.6 Å². The minimum atomic E-state index is -0.798. The van der Waals surface area contributed by atoms with Crippen LogP contribution in [-0.2, 0) is 6.42 Å². The molecule has 1 aromatic heterocycles. The third-order valence-electron chi connectivity index (χ3n) is 5.64. The molecule has 0 radical (unpaired) electrons. The Morgan fingerprint density at radius 2 is 1.85 bits per heavy atom. The number of hydrogen-bond acceptors (Lipinski definition) is 5. The summed E-state index contributed by atoms with van der Waals surface area (Å²) in [5, 5.41) is 18.1. The molecule has 0 amide bonds. The largest absolute Gasteiger partial charge is 0.504 e. The summed E-state index contributed by atoms with van der Waals surface area (Å²) in [4.78, 5) is 6.21. The van der Waals surface area contributed by atoms with Gasteiger partial charge in [0.25, 0.3) is 5.95 Å². The first kappa shape index (κ1) is 17.7. The van der Waals surface area contributed by atoms with E-state index in [0.717, 1.165) is 38.2 Å². The van der Waals surface area contributed by atoms with Crippen LogP contribution >= 0.6 is 0 Å². The normalized spacial score (nSPS) is 24.5. The van der Waals surface area contributed by atoms with Crippen LogP contribution < -0.4 is 4.74 Å². The second-order valence-electron chi connectivity index (χ2n) is 7.49. The molecule has 0 spiro atoms. The Bertz CT molecular complexity index is 835. The maximum absolute atomic E-state index is 13.3. The SMILES string of the molecule is N#Cc1ccc(OC2C[C@@H]3CN(CCc4ccc(O)c(F)n4)C[C@@H]3C2)cc1. The van der Waals surface area contributed by atoms with Crippen molar-refractivity contribution in [1.29, 1.82) is 5.26 Å². The fraction of sp³-hybridized carbons (Fsp3) is 0.429. The van der Waals surface area contributed by atoms with Crippen LogP contribution in [0, 0.1) is 29.1 Å². The number of halogens is 1. The van der Waals surface area contributed by atoms with Crippen LogP contribution in [0.4, 0.5) is 4.39 Å². The van der Waals surface area contributed by atoms with E-state index in [-0.39, 0.29) is 6.10 Å². The molecule has 27 heavy (non-hydrogen) atoms. The van der Waals surface area contributed by atoms with E-state index in [1.807, 2.05) is 12.1 Å². The van der Waals surface area contributed by atoms with Gasteiger partial charge in [0, 0.05) is 31.7 Å². The predicted octanol–water partition coefficient (Wildman–Crippen LogP) is 3.13. The Morgan fingerprint density at radius 3 is 2.48 bits per heavy atom. The molecular formula is C21H22FN3O2. The van der Waals surface area contributed by atoms with E-state index in [1.54, 1.807) is 18.2 Å². The number of pyridine rings is 1. The van der Waals surface area contributed by atoms with Crippen LogP contribution in [0.3, 0.4) is 0 Å². The number of aromatic nitrogens is 1. The highest BCUT2D eigenvalue weighted by Gasteiger charge is 2.41. The first-order valence-corrected chi connectivity index (χ1v) is 9.34. The van der Waals surface area contributed by atoms with Gasteiger partial charge >= 0.3 is 0 Å². The Hall–Kier alpha value is -2.65. The number of hydrogen-bond donors (Lipinski definition) is 1. The summed E-state index contributed by atoms with van der Waals surface area (Å²) in [5.74, 6) is 0.906. The number of ether oxygens (including phenoxy) is 1. The quantitative estimate of drug-likeness (QED) is 0.823. The number of likely N-dealkylation sites (tertiary alicyclic amines) is 1. The van der Waals surface area contributed by atoms with Crippen molar-refractivity contribution in [1.82, 2.24) is 9.88 Å². The average Bonchev–Trinajstić information content (AvgIpc) is 3.21. The van der Waals surface area contributed by atoms with E-state index < -0.39 is 11.7 Å². The molecular weight excluding hydrogens is 345 g/mol. The fourth-order valence-electron chi connectivity index (χ4n) is 4.30. The van der Waals surface area contributed by atoms with Crippen LogP contribution in [0.15, 0.2) is 36.4 Å². The van der Waals surface area contributed by atoms with Crippen molar-refractivity contribution in [2.24, 2.45) is 11.8 Å². The number of benzene rings is 1. The molecule has 4 rings (SSSR count). The molecule has 1 aliphatic heterocycles. The molecule has 1 aromatic carbocycles. The fourth-order valence-corrected chi connectivity index (χ4v) is 4.30. The lowest BCUT2D eigenvalue weighted by atomic mass is 10.0. The first-order valence-electron chi connectivity index (χ1n) is 9.34. The Labute approximate surface area is 158 Å². The number of nitriles is 1. The minimum Gasteiger partial charge on any atom is -0.504 e. The molecule has 2 fully saturated rings. The second kappa shape index (κ2) is 7.53. The molecule has 140 valence electrons. The van der Waals surface area contributed by atoms with E-state index in [4.69, 9.17) is 10.00 Å². The second-order valence-corrected chi connectivity index (χ2v) is 7.49. The highest BCUT2D eigenvalue weighted by atomic mass is 19.1. The van der Waals surface area contributed by atoms with Crippen molar-refractivity contribution >= 4 is 0 Å². The molecule has 1 N–H and O–H groups in total. The highest BCUT2D eigenvalue weighted by Crippen LogP contribution is 2.39. The van der Waals surface area contributed by atoms with E-state index in [0.29, 0.717) is 29.5 Å². The summed E-state index contributed by atoms with van der Waals surface area (Å²) < 4.78 is 19.4. The lowest BCUT2D eigenvalue weighted by molar-refractivity contribution is 0.186. The summed E-state index contributed by atoms with van der Waals surface area (Å²) >= 11 is 0. The number of fused-ring (bicyclic) bond motifs is 1. The Morgan fingerprint density at radius 1 is 1.15 bits per heavy atom. The van der Waals surface area contributed by atoms with Gasteiger partial charge in [0.15, 0.2) is 5.75 Å². The molecule has 3 atom stereocenters. The zero-order valence-corrected chi connectivity index (χ0v) is 15.0. The predicted molar refractivity (Wildman–Crippen MR) is 97.8 cm³/mol. The van der Waals surface area contributed by atoms with Crippen molar-refractivity contribution < 1.29 is 14.2 Å². The van der Waals surface area contributed by atoms with Crippen LogP contribution in [0.25, 0.3) is 0 Å². The molecule has 6 heteroatoms. The van der Waals surface area contributed by atoms with Gasteiger partial charge in [-0.25, -0.2) is 4.98 Å². The number of rotatable bonds is 5. The van der Waals surface area contributed by atoms with Crippen LogP contribution in [0.5, 0.6) is 11.5 Å². The lowest BCUT2D eigenvalue weighted by Crippen LogP contribution is -2.26. The summed E-state index contributed by atoms with van der Waals surface area (Å²) in [6, 6.07) is 12.5. The minimum absolute atomic E-state index is 0.239. The molecule has 0 bridgehead atoms. The standard InChI is InChI=1S/C21H22FN3O2/c22-21-20(26)6-3-17(24-21)7-8-25-12-15-9-19(10-16(15)13-25)27-18-4-1-14(11-23)2-5-18/h1-6,15-16,19,26H,7-10,12-13H2/t15-,16+,19?. The molecule has 2 aromatic rings. The molecule has 2 aliphatic rings. The Balaban J connectivity index is 1.25. The molecule has 1 unspecified atom stereocenters. The number of nitrogens with zero attached hydrogens (tertiary/aromatic N) is 3. The zero-order valence-electron chi connectivity index (χ0n) is 15.0. The number of aromatic hydroxyl groups is 1. The van der Waals surface area contributed by atoms with Crippen LogP contribution in [0.1, 0.15) is 24.1 Å². The molecule has 2 heterocycles. The van der Waals surface area contributed by atoms with Crippen molar-refractivity contribution in [3.8, 4) is 17.6 Å². The third kappa shape index (κ3) is 4.04. The third-order valence-corrected chi connectivity index (χ3v) is 5.64. The monoisotopic (exact) mass is 367 g/mol. The van der Waals surface area contributed by atoms with Crippen molar-refractivity contribution in [3.63, 3.8) is 0 Å². The summed E-state index contributed by atoms with van der Waals surface area (Å²) in [6.07, 6.45) is 3.02. The maximum Gasteiger partial charge on any atom is 0.255 e. The van der Waals surface area contributed by atoms with E-state index in [2.05, 4.69) is 16.0 Å². The maximum atomic E-state index is 13.3. The van der Waals surface area contributed by atoms with Crippen molar-refractivity contribution in [3.05, 3.63) is 53.6 Å². The van der Waals surface area contributed by atoms with Crippen LogP contribution in [0.2, 0.25) is 0 Å². The highest BCUT2D eigenvalue weighted by molar-refractivity contribution is 5.34. The van der Waals surface area contributed by atoms with Crippen molar-refractivity contribution in [2.45, 2.75) is 25.4 Å². The molecule has 1 saturated heterocycles. The van der Waals surface area contributed by atoms with Gasteiger partial charge in [-0.2, -0.15) is 9.65 Å². The summed E-state index contributed by atoms with van der Waals surface area (Å²) in [5.41, 5.74) is 1.31. The van der Waals surface area contributed by atoms with Gasteiger partial charge in [0.05, 0.1) is 17.7 Å². The van der Waals surface area contributed by atoms with E-state index in [1.165, 1.54) is 6.07 Å². The Kier molecular flexibility index (Phi) is 4.95. The summed E-state index contributed by atoms with van der Waals surface area (Å²) in [6.45, 7) is 2.93. The van der Waals surface area contributed by atoms with Gasteiger partial charge in [-0.05, 0) is 61.1 Å². The van der Waals surface area contributed by atoms with E-state index in [9.17, 15) is 9.50 Å². The topological polar surface area (TPSA) is 69.4 Å². The van der Waals surface area contributed by atoms with E-state index >= 15 is 0 Å². The lowest BCUT2D eigenvalue weighted by Gasteiger charge is -2.19. The smallest absolute Gasteiger partial charge is 0.255 e. The molecule has 1 saturated carbocycles. The first-order chi connectivity index (χ1) is 13.1. The van der Waals surface area contributed by atoms with Gasteiger partial charge in [-0.1, -0.05) is 0 Å². The molecule has 5 nitrogen and oxygen atoms in total. The van der Waals surface area contributed by atoms with Gasteiger partial charge in [0.2, 0.25) is 0 Å². The van der Waals surface area contributed by atoms with Crippen LogP contribution in [-0.4, -0.2) is 40.7 Å². The van der Waals surface area contributed by atoms with Gasteiger partial charge in [-0.3, -0.25) is 0 Å². The summed E-state index contributed by atoms with van der Waals surface area (Å²) in [7, 11) is 0.